The highest BCUT2D eigenvalue weighted by molar-refractivity contribution is 6.02. The summed E-state index contributed by atoms with van der Waals surface area (Å²) in [4.78, 5) is 16.3. The summed E-state index contributed by atoms with van der Waals surface area (Å²) in [5, 5.41) is 5.08. The van der Waals surface area contributed by atoms with E-state index in [1.807, 2.05) is 24.3 Å². The first-order valence-corrected chi connectivity index (χ1v) is 6.63. The van der Waals surface area contributed by atoms with Crippen LogP contribution < -0.4 is 11.1 Å². The first kappa shape index (κ1) is 12.1. The number of nitrogens with one attached hydrogen (secondary N) is 1. The van der Waals surface area contributed by atoms with Crippen LogP contribution >= 0.6 is 0 Å². The molecule has 3 N–H and O–H groups in total. The summed E-state index contributed by atoms with van der Waals surface area (Å²) in [6.07, 6.45) is 6.16. The third-order valence-electron chi connectivity index (χ3n) is 3.78. The summed E-state index contributed by atoms with van der Waals surface area (Å²) in [5.41, 5.74) is 6.71. The minimum Gasteiger partial charge on any atom is -0.328 e. The molecule has 1 aliphatic carbocycles. The number of amides is 1. The van der Waals surface area contributed by atoms with E-state index in [9.17, 15) is 4.79 Å². The van der Waals surface area contributed by atoms with Crippen LogP contribution in [0.1, 0.15) is 19.3 Å². The third-order valence-corrected chi connectivity index (χ3v) is 3.78. The molecular formula is C15H17N3O. The molecule has 3 rings (SSSR count). The minimum absolute atomic E-state index is 0.0482. The number of rotatable bonds is 2. The number of nitrogens with zero attached hydrogens (tertiary/aromatic N) is 1. The van der Waals surface area contributed by atoms with Gasteiger partial charge in [-0.05, 0) is 31.4 Å². The van der Waals surface area contributed by atoms with Crippen molar-refractivity contribution >= 4 is 22.4 Å². The zero-order valence-corrected chi connectivity index (χ0v) is 10.7. The van der Waals surface area contributed by atoms with E-state index in [4.69, 9.17) is 5.73 Å². The second-order valence-corrected chi connectivity index (χ2v) is 5.16. The monoisotopic (exact) mass is 255 g/mol. The van der Waals surface area contributed by atoms with E-state index in [-0.39, 0.29) is 17.9 Å². The standard InChI is InChI=1S/C15H17N3O/c16-12-5-4-10(8-12)15(19)18-14-3-1-2-11-9-17-7-6-13(11)14/h1-3,6-7,9-10,12H,4-5,8,16H2,(H,18,19)/t10-,12-/m1/s1. The lowest BCUT2D eigenvalue weighted by Gasteiger charge is -2.12. The van der Waals surface area contributed by atoms with Crippen molar-refractivity contribution in [3.63, 3.8) is 0 Å². The van der Waals surface area contributed by atoms with Crippen LogP contribution in [0.25, 0.3) is 10.8 Å². The minimum atomic E-state index is 0.0482. The van der Waals surface area contributed by atoms with Gasteiger partial charge in [-0.3, -0.25) is 9.78 Å². The Morgan fingerprint density at radius 3 is 3.00 bits per heavy atom. The van der Waals surface area contributed by atoms with Crippen LogP contribution in [0.15, 0.2) is 36.7 Å². The fourth-order valence-corrected chi connectivity index (χ4v) is 2.72. The average molecular weight is 255 g/mol. The van der Waals surface area contributed by atoms with Crippen molar-refractivity contribution in [1.29, 1.82) is 0 Å². The smallest absolute Gasteiger partial charge is 0.227 e. The van der Waals surface area contributed by atoms with E-state index in [0.717, 1.165) is 35.7 Å². The molecule has 0 radical (unpaired) electrons. The van der Waals surface area contributed by atoms with E-state index in [1.165, 1.54) is 0 Å². The molecule has 0 bridgehead atoms. The Kier molecular flexibility index (Phi) is 3.17. The van der Waals surface area contributed by atoms with Crippen LogP contribution in [0.2, 0.25) is 0 Å². The number of benzene rings is 1. The summed E-state index contributed by atoms with van der Waals surface area (Å²) in [7, 11) is 0. The normalized spacial score (nSPS) is 22.6. The second kappa shape index (κ2) is 4.97. The maximum Gasteiger partial charge on any atom is 0.227 e. The lowest BCUT2D eigenvalue weighted by Crippen LogP contribution is -2.23. The van der Waals surface area contributed by atoms with Crippen LogP contribution in [0.3, 0.4) is 0 Å². The highest BCUT2D eigenvalue weighted by atomic mass is 16.1. The largest absolute Gasteiger partial charge is 0.328 e. The number of anilines is 1. The lowest BCUT2D eigenvalue weighted by molar-refractivity contribution is -0.119. The maximum absolute atomic E-state index is 12.2. The Hall–Kier alpha value is -1.94. The molecule has 0 spiro atoms. The molecule has 1 aromatic heterocycles. The summed E-state index contributed by atoms with van der Waals surface area (Å²) < 4.78 is 0. The quantitative estimate of drug-likeness (QED) is 0.865. The van der Waals surface area contributed by atoms with Gasteiger partial charge in [0, 0.05) is 40.8 Å². The van der Waals surface area contributed by atoms with Crippen LogP contribution in [-0.2, 0) is 4.79 Å². The molecule has 1 fully saturated rings. The van der Waals surface area contributed by atoms with Gasteiger partial charge in [0.25, 0.3) is 0 Å². The van der Waals surface area contributed by atoms with Gasteiger partial charge in [-0.15, -0.1) is 0 Å². The van der Waals surface area contributed by atoms with Gasteiger partial charge in [0.05, 0.1) is 0 Å². The van der Waals surface area contributed by atoms with Crippen LogP contribution in [0, 0.1) is 5.92 Å². The first-order valence-electron chi connectivity index (χ1n) is 6.63. The van der Waals surface area contributed by atoms with Crippen molar-refractivity contribution in [2.24, 2.45) is 11.7 Å². The highest BCUT2D eigenvalue weighted by Gasteiger charge is 2.27. The number of hydrogen-bond acceptors (Lipinski definition) is 3. The molecule has 0 unspecified atom stereocenters. The Bertz CT molecular complexity index is 606. The van der Waals surface area contributed by atoms with Crippen molar-refractivity contribution < 1.29 is 4.79 Å². The van der Waals surface area contributed by atoms with Crippen molar-refractivity contribution in [3.8, 4) is 0 Å². The molecular weight excluding hydrogens is 238 g/mol. The van der Waals surface area contributed by atoms with Gasteiger partial charge in [0.1, 0.15) is 0 Å². The van der Waals surface area contributed by atoms with Crippen molar-refractivity contribution in [1.82, 2.24) is 4.98 Å². The lowest BCUT2D eigenvalue weighted by atomic mass is 10.1. The van der Waals surface area contributed by atoms with E-state index < -0.39 is 0 Å². The summed E-state index contributed by atoms with van der Waals surface area (Å²) >= 11 is 0. The van der Waals surface area contributed by atoms with Gasteiger partial charge in [-0.1, -0.05) is 12.1 Å². The number of pyridine rings is 1. The van der Waals surface area contributed by atoms with Gasteiger partial charge in [0.15, 0.2) is 0 Å². The Morgan fingerprint density at radius 1 is 1.32 bits per heavy atom. The number of carbonyl (C=O) groups excluding carboxylic acids is 1. The number of fused-ring (bicyclic) bond motifs is 1. The van der Waals surface area contributed by atoms with Gasteiger partial charge in [-0.25, -0.2) is 0 Å². The molecule has 4 nitrogen and oxygen atoms in total. The maximum atomic E-state index is 12.2. The van der Waals surface area contributed by atoms with E-state index in [1.54, 1.807) is 12.4 Å². The van der Waals surface area contributed by atoms with Gasteiger partial charge in [0.2, 0.25) is 5.91 Å². The topological polar surface area (TPSA) is 68.0 Å². The third kappa shape index (κ3) is 2.44. The molecule has 0 saturated heterocycles. The number of aromatic nitrogens is 1. The highest BCUT2D eigenvalue weighted by Crippen LogP contribution is 2.27. The molecule has 1 saturated carbocycles. The Labute approximate surface area is 112 Å². The number of nitrogens with two attached hydrogens (primary N) is 1. The SMILES string of the molecule is N[C@@H]1CC[C@@H](C(=O)Nc2cccc3cnccc23)C1. The molecule has 2 aromatic rings. The molecule has 2 atom stereocenters. The molecule has 19 heavy (non-hydrogen) atoms. The summed E-state index contributed by atoms with van der Waals surface area (Å²) in [6, 6.07) is 7.94. The number of carbonyl (C=O) groups is 1. The van der Waals surface area contributed by atoms with Gasteiger partial charge in [-0.2, -0.15) is 0 Å². The molecule has 0 aliphatic heterocycles. The molecule has 1 heterocycles. The molecule has 4 heteroatoms. The average Bonchev–Trinajstić information content (AvgIpc) is 2.86. The van der Waals surface area contributed by atoms with Gasteiger partial charge >= 0.3 is 0 Å². The summed E-state index contributed by atoms with van der Waals surface area (Å²) in [6.45, 7) is 0. The molecule has 1 amide bonds. The van der Waals surface area contributed by atoms with Crippen molar-refractivity contribution in [2.45, 2.75) is 25.3 Å². The van der Waals surface area contributed by atoms with E-state index in [2.05, 4.69) is 10.3 Å². The summed E-state index contributed by atoms with van der Waals surface area (Å²) in [5.74, 6) is 0.129. The number of hydrogen-bond donors (Lipinski definition) is 2. The van der Waals surface area contributed by atoms with Crippen LogP contribution in [0.5, 0.6) is 0 Å². The first-order chi connectivity index (χ1) is 9.24. The van der Waals surface area contributed by atoms with E-state index in [0.29, 0.717) is 0 Å². The molecule has 1 aliphatic rings. The fourth-order valence-electron chi connectivity index (χ4n) is 2.72. The molecule has 1 aromatic carbocycles. The predicted octanol–water partition coefficient (Wildman–Crippen LogP) is 2.30. The van der Waals surface area contributed by atoms with Crippen molar-refractivity contribution in [2.75, 3.05) is 5.32 Å². The van der Waals surface area contributed by atoms with E-state index >= 15 is 0 Å². The Morgan fingerprint density at radius 2 is 2.21 bits per heavy atom. The van der Waals surface area contributed by atoms with Crippen LogP contribution in [0.4, 0.5) is 5.69 Å². The second-order valence-electron chi connectivity index (χ2n) is 5.16. The zero-order chi connectivity index (χ0) is 13.2. The zero-order valence-electron chi connectivity index (χ0n) is 10.7. The fraction of sp³-hybridized carbons (Fsp3) is 0.333. The van der Waals surface area contributed by atoms with Crippen LogP contribution in [-0.4, -0.2) is 16.9 Å². The molecule has 98 valence electrons. The van der Waals surface area contributed by atoms with Gasteiger partial charge < -0.3 is 11.1 Å². The van der Waals surface area contributed by atoms with Crippen molar-refractivity contribution in [3.05, 3.63) is 36.7 Å². The Balaban J connectivity index is 1.83. The predicted molar refractivity (Wildman–Crippen MR) is 75.7 cm³/mol.